The van der Waals surface area contributed by atoms with Crippen molar-refractivity contribution in [1.82, 2.24) is 15.1 Å². The average Bonchev–Trinajstić information content (AvgIpc) is 3.15. The van der Waals surface area contributed by atoms with Crippen molar-refractivity contribution in [3.05, 3.63) is 36.3 Å². The molecule has 0 unspecified atom stereocenters. The van der Waals surface area contributed by atoms with E-state index in [0.29, 0.717) is 23.0 Å². The van der Waals surface area contributed by atoms with Crippen LogP contribution in [0.4, 0.5) is 0 Å². The van der Waals surface area contributed by atoms with Gasteiger partial charge in [0.05, 0.1) is 20.5 Å². The van der Waals surface area contributed by atoms with Gasteiger partial charge in [0.1, 0.15) is 11.4 Å². The molecule has 0 spiro atoms. The molecule has 0 aliphatic heterocycles. The third kappa shape index (κ3) is 2.35. The van der Waals surface area contributed by atoms with E-state index in [1.54, 1.807) is 20.5 Å². The van der Waals surface area contributed by atoms with Gasteiger partial charge in [-0.1, -0.05) is 5.16 Å². The molecule has 1 N–H and O–H groups in total. The number of nitrogens with zero attached hydrogens (tertiary/aromatic N) is 2. The van der Waals surface area contributed by atoms with Gasteiger partial charge in [0.15, 0.2) is 17.3 Å². The number of benzene rings is 1. The highest BCUT2D eigenvalue weighted by Gasteiger charge is 2.14. The van der Waals surface area contributed by atoms with Gasteiger partial charge >= 0.3 is 0 Å². The quantitative estimate of drug-likeness (QED) is 0.797. The molecule has 0 radical (unpaired) electrons. The van der Waals surface area contributed by atoms with Crippen LogP contribution in [0.15, 0.2) is 35.1 Å². The van der Waals surface area contributed by atoms with Gasteiger partial charge in [0.2, 0.25) is 0 Å². The Balaban J connectivity index is 1.98. The smallest absolute Gasteiger partial charge is 0.187 e. The van der Waals surface area contributed by atoms with E-state index in [1.165, 1.54) is 0 Å². The Hall–Kier alpha value is -2.76. The molecule has 0 aliphatic carbocycles. The molecule has 0 fully saturated rings. The zero-order valence-corrected chi connectivity index (χ0v) is 12.0. The number of hydrogen-bond acceptors (Lipinski definition) is 5. The van der Waals surface area contributed by atoms with Crippen molar-refractivity contribution >= 4 is 0 Å². The number of ether oxygens (including phenoxy) is 2. The van der Waals surface area contributed by atoms with Gasteiger partial charge in [-0.05, 0) is 25.1 Å². The number of aromatic amines is 1. The van der Waals surface area contributed by atoms with Crippen molar-refractivity contribution in [2.75, 3.05) is 14.2 Å². The number of hydrogen-bond donors (Lipinski definition) is 1. The first-order valence-electron chi connectivity index (χ1n) is 6.42. The maximum absolute atomic E-state index is 5.37. The summed E-state index contributed by atoms with van der Waals surface area (Å²) in [5.74, 6) is 1.95. The zero-order valence-electron chi connectivity index (χ0n) is 12.0. The maximum Gasteiger partial charge on any atom is 0.187 e. The molecule has 0 bridgehead atoms. The Morgan fingerprint density at radius 1 is 1.10 bits per heavy atom. The molecular weight excluding hydrogens is 270 g/mol. The number of aromatic nitrogens is 3. The van der Waals surface area contributed by atoms with Crippen LogP contribution in [0.2, 0.25) is 0 Å². The Morgan fingerprint density at radius 2 is 1.90 bits per heavy atom. The number of nitrogens with one attached hydrogen (secondary N) is 1. The summed E-state index contributed by atoms with van der Waals surface area (Å²) < 4.78 is 15.9. The predicted molar refractivity (Wildman–Crippen MR) is 77.4 cm³/mol. The van der Waals surface area contributed by atoms with Gasteiger partial charge < -0.3 is 19.0 Å². The molecule has 108 valence electrons. The number of methoxy groups -OCH3 is 2. The standard InChI is InChI=1S/C15H15N3O3/c1-9-15(17-8-16-9)14-7-11(18-21-14)10-4-5-12(19-2)13(6-10)20-3/h4-8H,1-3H3,(H,16,17). The summed E-state index contributed by atoms with van der Waals surface area (Å²) in [6.45, 7) is 1.93. The highest BCUT2D eigenvalue weighted by atomic mass is 16.5. The lowest BCUT2D eigenvalue weighted by atomic mass is 10.1. The number of H-pyrrole nitrogens is 1. The lowest BCUT2D eigenvalue weighted by Gasteiger charge is -2.07. The number of aryl methyl sites for hydroxylation is 1. The van der Waals surface area contributed by atoms with Gasteiger partial charge in [-0.25, -0.2) is 4.98 Å². The Kier molecular flexibility index (Phi) is 3.35. The molecule has 2 aromatic heterocycles. The molecule has 21 heavy (non-hydrogen) atoms. The Labute approximate surface area is 121 Å². The summed E-state index contributed by atoms with van der Waals surface area (Å²) in [5, 5.41) is 4.09. The monoisotopic (exact) mass is 285 g/mol. The van der Waals surface area contributed by atoms with E-state index in [2.05, 4.69) is 15.1 Å². The summed E-state index contributed by atoms with van der Waals surface area (Å²) in [4.78, 5) is 7.23. The van der Waals surface area contributed by atoms with E-state index in [4.69, 9.17) is 14.0 Å². The molecule has 0 saturated heterocycles. The van der Waals surface area contributed by atoms with E-state index in [1.807, 2.05) is 31.2 Å². The fourth-order valence-electron chi connectivity index (χ4n) is 2.13. The molecule has 2 heterocycles. The van der Waals surface area contributed by atoms with E-state index in [-0.39, 0.29) is 0 Å². The summed E-state index contributed by atoms with van der Waals surface area (Å²) in [5.41, 5.74) is 3.29. The zero-order chi connectivity index (χ0) is 14.8. The second-order valence-corrected chi connectivity index (χ2v) is 4.52. The molecule has 0 amide bonds. The molecule has 3 rings (SSSR count). The van der Waals surface area contributed by atoms with Crippen molar-refractivity contribution in [3.8, 4) is 34.2 Å². The largest absolute Gasteiger partial charge is 0.493 e. The molecule has 3 aromatic rings. The van der Waals surface area contributed by atoms with Crippen LogP contribution < -0.4 is 9.47 Å². The third-order valence-electron chi connectivity index (χ3n) is 3.25. The predicted octanol–water partition coefficient (Wildman–Crippen LogP) is 3.06. The second kappa shape index (κ2) is 5.32. The molecule has 6 nitrogen and oxygen atoms in total. The van der Waals surface area contributed by atoms with Crippen molar-refractivity contribution in [3.63, 3.8) is 0 Å². The van der Waals surface area contributed by atoms with Crippen molar-refractivity contribution in [2.45, 2.75) is 6.92 Å². The minimum Gasteiger partial charge on any atom is -0.493 e. The molecule has 0 aliphatic rings. The minimum atomic E-state index is 0.624. The summed E-state index contributed by atoms with van der Waals surface area (Å²) in [6.07, 6.45) is 1.63. The average molecular weight is 285 g/mol. The van der Waals surface area contributed by atoms with Crippen LogP contribution in [-0.4, -0.2) is 29.3 Å². The van der Waals surface area contributed by atoms with Crippen LogP contribution in [0.3, 0.4) is 0 Å². The van der Waals surface area contributed by atoms with Crippen LogP contribution in [0.25, 0.3) is 22.7 Å². The summed E-state index contributed by atoms with van der Waals surface area (Å²) >= 11 is 0. The SMILES string of the molecule is COc1ccc(-c2cc(-c3nc[nH]c3C)on2)cc1OC. The summed E-state index contributed by atoms with van der Waals surface area (Å²) in [6, 6.07) is 7.45. The van der Waals surface area contributed by atoms with Crippen molar-refractivity contribution in [2.24, 2.45) is 0 Å². The van der Waals surface area contributed by atoms with Crippen LogP contribution in [0, 0.1) is 6.92 Å². The van der Waals surface area contributed by atoms with Crippen LogP contribution in [-0.2, 0) is 0 Å². The minimum absolute atomic E-state index is 0.624. The Bertz CT molecular complexity index is 761. The molecular formula is C15H15N3O3. The number of rotatable bonds is 4. The normalized spacial score (nSPS) is 10.6. The van der Waals surface area contributed by atoms with Crippen LogP contribution >= 0.6 is 0 Å². The fraction of sp³-hybridized carbons (Fsp3) is 0.200. The van der Waals surface area contributed by atoms with Crippen LogP contribution in [0.5, 0.6) is 11.5 Å². The van der Waals surface area contributed by atoms with Crippen molar-refractivity contribution in [1.29, 1.82) is 0 Å². The van der Waals surface area contributed by atoms with E-state index < -0.39 is 0 Å². The Morgan fingerprint density at radius 3 is 2.57 bits per heavy atom. The molecule has 0 atom stereocenters. The van der Waals surface area contributed by atoms with E-state index in [0.717, 1.165) is 17.0 Å². The highest BCUT2D eigenvalue weighted by Crippen LogP contribution is 2.33. The first-order chi connectivity index (χ1) is 10.2. The third-order valence-corrected chi connectivity index (χ3v) is 3.25. The maximum atomic E-state index is 5.37. The van der Waals surface area contributed by atoms with Crippen molar-refractivity contribution < 1.29 is 14.0 Å². The van der Waals surface area contributed by atoms with Crippen LogP contribution in [0.1, 0.15) is 5.69 Å². The lowest BCUT2D eigenvalue weighted by Crippen LogP contribution is -1.90. The first-order valence-corrected chi connectivity index (χ1v) is 6.42. The number of imidazole rings is 1. The molecule has 1 aromatic carbocycles. The van der Waals surface area contributed by atoms with Gasteiger partial charge in [0.25, 0.3) is 0 Å². The summed E-state index contributed by atoms with van der Waals surface area (Å²) in [7, 11) is 3.20. The topological polar surface area (TPSA) is 73.2 Å². The van der Waals surface area contributed by atoms with Gasteiger partial charge in [0, 0.05) is 17.3 Å². The molecule has 6 heteroatoms. The highest BCUT2D eigenvalue weighted by molar-refractivity contribution is 5.68. The fourth-order valence-corrected chi connectivity index (χ4v) is 2.13. The van der Waals surface area contributed by atoms with Gasteiger partial charge in [-0.2, -0.15) is 0 Å². The van der Waals surface area contributed by atoms with Gasteiger partial charge in [-0.15, -0.1) is 0 Å². The second-order valence-electron chi connectivity index (χ2n) is 4.52. The first kappa shape index (κ1) is 13.2. The molecule has 0 saturated carbocycles. The van der Waals surface area contributed by atoms with Gasteiger partial charge in [-0.3, -0.25) is 0 Å². The van der Waals surface area contributed by atoms with E-state index in [9.17, 15) is 0 Å². The lowest BCUT2D eigenvalue weighted by molar-refractivity contribution is 0.355. The van der Waals surface area contributed by atoms with E-state index >= 15 is 0 Å².